The molecule has 0 amide bonds. The van der Waals surface area contributed by atoms with E-state index in [-0.39, 0.29) is 17.0 Å². The van der Waals surface area contributed by atoms with Crippen LogP contribution in [0.5, 0.6) is 0 Å². The van der Waals surface area contributed by atoms with Crippen molar-refractivity contribution in [1.82, 2.24) is 0 Å². The van der Waals surface area contributed by atoms with Gasteiger partial charge in [-0.05, 0) is 42.2 Å². The summed E-state index contributed by atoms with van der Waals surface area (Å²) in [6.07, 6.45) is 2.58. The maximum Gasteiger partial charge on any atom is 0.192 e. The molecule has 0 aliphatic carbocycles. The van der Waals surface area contributed by atoms with E-state index in [1.807, 2.05) is 6.08 Å². The topological polar surface area (TPSA) is 9.23 Å². The lowest BCUT2D eigenvalue weighted by atomic mass is 10.1. The fraction of sp³-hybridized carbons (Fsp3) is 0.500. The summed E-state index contributed by atoms with van der Waals surface area (Å²) in [7, 11) is -1.84. The maximum absolute atomic E-state index is 13.0. The van der Waals surface area contributed by atoms with Crippen LogP contribution in [0, 0.1) is 5.82 Å². The zero-order chi connectivity index (χ0) is 14.7. The molecule has 0 saturated heterocycles. The molecule has 0 bridgehead atoms. The third kappa shape index (κ3) is 4.29. The smallest absolute Gasteiger partial charge is 0.192 e. The predicted octanol–water partition coefficient (Wildman–Crippen LogP) is 5.46. The Hall–Kier alpha value is -0.933. The first-order chi connectivity index (χ1) is 8.67. The van der Waals surface area contributed by atoms with Gasteiger partial charge < -0.3 is 4.43 Å². The third-order valence-electron chi connectivity index (χ3n) is 3.87. The summed E-state index contributed by atoms with van der Waals surface area (Å²) in [5.41, 5.74) is 1.02. The molecule has 0 heterocycles. The summed E-state index contributed by atoms with van der Waals surface area (Å²) in [5.74, 6) is -0.214. The van der Waals surface area contributed by atoms with Crippen molar-refractivity contribution < 1.29 is 8.82 Å². The number of hydrogen-bond acceptors (Lipinski definition) is 1. The van der Waals surface area contributed by atoms with Crippen molar-refractivity contribution in [3.8, 4) is 0 Å². The van der Waals surface area contributed by atoms with Crippen LogP contribution in [0.3, 0.4) is 0 Å². The van der Waals surface area contributed by atoms with Crippen LogP contribution in [0.15, 0.2) is 36.9 Å². The first-order valence-corrected chi connectivity index (χ1v) is 9.62. The number of rotatable bonds is 5. The average molecular weight is 280 g/mol. The molecule has 1 rings (SSSR count). The predicted molar refractivity (Wildman–Crippen MR) is 82.2 cm³/mol. The SMILES string of the molecule is C=CCC(O[Si](C)(C)C(C)(C)C)c1ccc(F)cc1. The van der Waals surface area contributed by atoms with Gasteiger partial charge >= 0.3 is 0 Å². The molecule has 0 radical (unpaired) electrons. The van der Waals surface area contributed by atoms with E-state index in [0.717, 1.165) is 12.0 Å². The number of halogens is 1. The summed E-state index contributed by atoms with van der Waals surface area (Å²) < 4.78 is 19.4. The third-order valence-corrected chi connectivity index (χ3v) is 8.35. The highest BCUT2D eigenvalue weighted by molar-refractivity contribution is 6.74. The summed E-state index contributed by atoms with van der Waals surface area (Å²) in [6.45, 7) is 14.9. The van der Waals surface area contributed by atoms with Gasteiger partial charge in [-0.3, -0.25) is 0 Å². The largest absolute Gasteiger partial charge is 0.410 e. The van der Waals surface area contributed by atoms with E-state index in [0.29, 0.717) is 0 Å². The average Bonchev–Trinajstić information content (AvgIpc) is 2.27. The Morgan fingerprint density at radius 3 is 2.21 bits per heavy atom. The van der Waals surface area contributed by atoms with Crippen molar-refractivity contribution in [2.24, 2.45) is 0 Å². The summed E-state index contributed by atoms with van der Waals surface area (Å²) in [4.78, 5) is 0. The monoisotopic (exact) mass is 280 g/mol. The standard InChI is InChI=1S/C16H25FOSi/c1-7-8-15(13-9-11-14(17)12-10-13)18-19(5,6)16(2,3)4/h7,9-12,15H,1,8H2,2-6H3. The quantitative estimate of drug-likeness (QED) is 0.513. The summed E-state index contributed by atoms with van der Waals surface area (Å²) >= 11 is 0. The fourth-order valence-electron chi connectivity index (χ4n) is 1.61. The molecule has 1 unspecified atom stereocenters. The molecule has 106 valence electrons. The molecule has 0 fully saturated rings. The molecule has 0 aliphatic rings. The van der Waals surface area contributed by atoms with Crippen LogP contribution < -0.4 is 0 Å². The minimum absolute atomic E-state index is 0.0287. The Kier molecular flexibility index (Phi) is 5.10. The van der Waals surface area contributed by atoms with Gasteiger partial charge in [-0.15, -0.1) is 6.58 Å². The Labute approximate surface area is 117 Å². The van der Waals surface area contributed by atoms with E-state index in [9.17, 15) is 4.39 Å². The Morgan fingerprint density at radius 2 is 1.79 bits per heavy atom. The Bertz CT molecular complexity index is 417. The first-order valence-electron chi connectivity index (χ1n) is 6.71. The first kappa shape index (κ1) is 16.1. The highest BCUT2D eigenvalue weighted by atomic mass is 28.4. The minimum Gasteiger partial charge on any atom is -0.410 e. The van der Waals surface area contributed by atoms with Crippen molar-refractivity contribution in [2.45, 2.75) is 51.4 Å². The van der Waals surface area contributed by atoms with Crippen LogP contribution in [-0.4, -0.2) is 8.32 Å². The molecule has 0 aliphatic heterocycles. The van der Waals surface area contributed by atoms with Gasteiger partial charge in [0.2, 0.25) is 0 Å². The van der Waals surface area contributed by atoms with Crippen LogP contribution in [0.4, 0.5) is 4.39 Å². The Morgan fingerprint density at radius 1 is 1.26 bits per heavy atom. The summed E-state index contributed by atoms with van der Waals surface area (Å²) in [5, 5.41) is 0.159. The molecular formula is C16H25FOSi. The van der Waals surface area contributed by atoms with Crippen LogP contribution in [0.1, 0.15) is 38.9 Å². The van der Waals surface area contributed by atoms with E-state index < -0.39 is 8.32 Å². The van der Waals surface area contributed by atoms with Gasteiger partial charge in [-0.2, -0.15) is 0 Å². The van der Waals surface area contributed by atoms with Crippen molar-refractivity contribution in [3.63, 3.8) is 0 Å². The van der Waals surface area contributed by atoms with Crippen LogP contribution in [0.2, 0.25) is 18.1 Å². The second-order valence-corrected chi connectivity index (χ2v) is 11.2. The van der Waals surface area contributed by atoms with E-state index in [4.69, 9.17) is 4.43 Å². The molecule has 0 saturated carbocycles. The fourth-order valence-corrected chi connectivity index (χ4v) is 2.91. The van der Waals surface area contributed by atoms with Gasteiger partial charge in [0, 0.05) is 0 Å². The van der Waals surface area contributed by atoms with Gasteiger partial charge in [-0.1, -0.05) is 39.0 Å². The molecule has 1 nitrogen and oxygen atoms in total. The zero-order valence-corrected chi connectivity index (χ0v) is 13.7. The van der Waals surface area contributed by atoms with E-state index in [1.165, 1.54) is 12.1 Å². The van der Waals surface area contributed by atoms with Crippen molar-refractivity contribution >= 4 is 8.32 Å². The second-order valence-electron chi connectivity index (χ2n) is 6.44. The molecule has 0 N–H and O–H groups in total. The molecule has 0 aromatic heterocycles. The molecule has 1 aromatic carbocycles. The van der Waals surface area contributed by atoms with Gasteiger partial charge in [-0.25, -0.2) is 4.39 Å². The molecule has 19 heavy (non-hydrogen) atoms. The second kappa shape index (κ2) is 6.01. The van der Waals surface area contributed by atoms with Crippen LogP contribution in [-0.2, 0) is 4.43 Å². The molecule has 0 spiro atoms. The van der Waals surface area contributed by atoms with Crippen molar-refractivity contribution in [2.75, 3.05) is 0 Å². The lowest BCUT2D eigenvalue weighted by Gasteiger charge is -2.39. The van der Waals surface area contributed by atoms with Gasteiger partial charge in [0.1, 0.15) is 5.82 Å². The highest BCUT2D eigenvalue weighted by Crippen LogP contribution is 2.40. The molecular weight excluding hydrogens is 255 g/mol. The zero-order valence-electron chi connectivity index (χ0n) is 12.7. The van der Waals surface area contributed by atoms with E-state index in [2.05, 4.69) is 40.4 Å². The normalized spacial score (nSPS) is 14.2. The van der Waals surface area contributed by atoms with Gasteiger partial charge in [0.05, 0.1) is 6.10 Å². The highest BCUT2D eigenvalue weighted by Gasteiger charge is 2.39. The summed E-state index contributed by atoms with van der Waals surface area (Å²) in [6, 6.07) is 6.58. The van der Waals surface area contributed by atoms with Crippen molar-refractivity contribution in [1.29, 1.82) is 0 Å². The lowest BCUT2D eigenvalue weighted by Crippen LogP contribution is -2.41. The number of hydrogen-bond donors (Lipinski definition) is 0. The van der Waals surface area contributed by atoms with E-state index in [1.54, 1.807) is 12.1 Å². The van der Waals surface area contributed by atoms with Crippen LogP contribution >= 0.6 is 0 Å². The maximum atomic E-state index is 13.0. The molecule has 3 heteroatoms. The Balaban J connectivity index is 2.96. The van der Waals surface area contributed by atoms with Crippen LogP contribution in [0.25, 0.3) is 0 Å². The molecule has 1 atom stereocenters. The minimum atomic E-state index is -1.84. The van der Waals surface area contributed by atoms with Gasteiger partial charge in [0.15, 0.2) is 8.32 Å². The lowest BCUT2D eigenvalue weighted by molar-refractivity contribution is 0.186. The number of benzene rings is 1. The van der Waals surface area contributed by atoms with Gasteiger partial charge in [0.25, 0.3) is 0 Å². The molecule has 1 aromatic rings. The van der Waals surface area contributed by atoms with E-state index >= 15 is 0 Å². The van der Waals surface area contributed by atoms with Crippen molar-refractivity contribution in [3.05, 3.63) is 48.3 Å².